The Morgan fingerprint density at radius 1 is 1.13 bits per heavy atom. The number of hydrogen-bond acceptors (Lipinski definition) is 7. The highest BCUT2D eigenvalue weighted by Crippen LogP contribution is 2.22. The topological polar surface area (TPSA) is 127 Å². The first-order valence-corrected chi connectivity index (χ1v) is 4.42. The van der Waals surface area contributed by atoms with Gasteiger partial charge >= 0.3 is 0 Å². The summed E-state index contributed by atoms with van der Waals surface area (Å²) in [5.41, 5.74) is 0. The predicted octanol–water partition coefficient (Wildman–Crippen LogP) is -3.26. The monoisotopic (exact) mass is 222 g/mol. The Morgan fingerprint density at radius 2 is 1.67 bits per heavy atom. The number of carbonyl (C=O) groups excluding carboxylic acids is 1. The number of Topliss-reactive ketones (excluding diaryl/α,β-unsaturated/α-hetero) is 1. The van der Waals surface area contributed by atoms with E-state index in [0.29, 0.717) is 0 Å². The molecule has 1 heterocycles. The largest absolute Gasteiger partial charge is 0.387 e. The minimum Gasteiger partial charge on any atom is -0.387 e. The minimum absolute atomic E-state index is 0.671. The fraction of sp³-hybridized carbons (Fsp3) is 0.875. The molecular formula is C8H14O7. The number of aliphatic hydroxyl groups excluding tert-OH is 5. The standard InChI is InChI=1S/C8H14O7/c1-2(9)3(10)7-5(12)4(11)6(13)8(14)15-7/h3-8,10-14H,1H3/t3?,4-,5-,6+,7+,8?/m0/s1. The molecule has 7 heteroatoms. The molecule has 88 valence electrons. The van der Waals surface area contributed by atoms with E-state index in [-0.39, 0.29) is 0 Å². The number of ketones is 1. The lowest BCUT2D eigenvalue weighted by molar-refractivity contribution is -0.293. The zero-order chi connectivity index (χ0) is 11.7. The second kappa shape index (κ2) is 4.52. The second-order valence-electron chi connectivity index (χ2n) is 3.52. The van der Waals surface area contributed by atoms with Gasteiger partial charge in [-0.25, -0.2) is 0 Å². The van der Waals surface area contributed by atoms with E-state index in [1.54, 1.807) is 0 Å². The number of carbonyl (C=O) groups is 1. The van der Waals surface area contributed by atoms with Gasteiger partial charge in [-0.05, 0) is 6.92 Å². The summed E-state index contributed by atoms with van der Waals surface area (Å²) >= 11 is 0. The van der Waals surface area contributed by atoms with Crippen molar-refractivity contribution < 1.29 is 35.1 Å². The van der Waals surface area contributed by atoms with Crippen molar-refractivity contribution in [3.63, 3.8) is 0 Å². The third-order valence-electron chi connectivity index (χ3n) is 2.35. The van der Waals surface area contributed by atoms with Crippen molar-refractivity contribution in [2.75, 3.05) is 0 Å². The van der Waals surface area contributed by atoms with Gasteiger partial charge in [0.25, 0.3) is 0 Å². The van der Waals surface area contributed by atoms with Crippen LogP contribution < -0.4 is 0 Å². The molecule has 0 aliphatic carbocycles. The number of hydrogen-bond donors (Lipinski definition) is 5. The van der Waals surface area contributed by atoms with Crippen molar-refractivity contribution in [3.05, 3.63) is 0 Å². The molecule has 0 amide bonds. The maximum atomic E-state index is 10.8. The molecule has 5 N–H and O–H groups in total. The normalized spacial score (nSPS) is 43.7. The van der Waals surface area contributed by atoms with Crippen molar-refractivity contribution in [2.45, 2.75) is 43.7 Å². The van der Waals surface area contributed by atoms with Crippen LogP contribution in [0.4, 0.5) is 0 Å². The molecule has 15 heavy (non-hydrogen) atoms. The summed E-state index contributed by atoms with van der Waals surface area (Å²) < 4.78 is 4.63. The Labute approximate surface area is 85.5 Å². The molecule has 1 aliphatic rings. The van der Waals surface area contributed by atoms with Gasteiger partial charge in [0, 0.05) is 0 Å². The van der Waals surface area contributed by atoms with Gasteiger partial charge in [-0.3, -0.25) is 4.79 Å². The molecule has 6 atom stereocenters. The maximum Gasteiger partial charge on any atom is 0.184 e. The zero-order valence-electron chi connectivity index (χ0n) is 8.02. The highest BCUT2D eigenvalue weighted by atomic mass is 16.6. The maximum absolute atomic E-state index is 10.8. The molecule has 0 spiro atoms. The smallest absolute Gasteiger partial charge is 0.184 e. The van der Waals surface area contributed by atoms with Crippen LogP contribution in [0.1, 0.15) is 6.92 Å². The van der Waals surface area contributed by atoms with Gasteiger partial charge < -0.3 is 30.3 Å². The first-order valence-electron chi connectivity index (χ1n) is 4.42. The summed E-state index contributed by atoms with van der Waals surface area (Å²) in [6.07, 6.45) is -9.83. The SMILES string of the molecule is CC(=O)C(O)[C@H]1OC(O)[C@H](O)[C@@H](O)[C@@H]1O. The number of aliphatic hydroxyl groups is 5. The lowest BCUT2D eigenvalue weighted by atomic mass is 9.94. The quantitative estimate of drug-likeness (QED) is 0.332. The van der Waals surface area contributed by atoms with Crippen LogP contribution in [0.3, 0.4) is 0 Å². The van der Waals surface area contributed by atoms with Gasteiger partial charge in [0.15, 0.2) is 12.1 Å². The summed E-state index contributed by atoms with van der Waals surface area (Å²) in [4.78, 5) is 10.8. The molecule has 0 aromatic rings. The van der Waals surface area contributed by atoms with Gasteiger partial charge in [0.1, 0.15) is 30.5 Å². The minimum atomic E-state index is -1.75. The van der Waals surface area contributed by atoms with Gasteiger partial charge in [-0.1, -0.05) is 0 Å². The first kappa shape index (κ1) is 12.5. The van der Waals surface area contributed by atoms with Crippen molar-refractivity contribution >= 4 is 5.78 Å². The molecule has 1 fully saturated rings. The van der Waals surface area contributed by atoms with Crippen molar-refractivity contribution in [1.29, 1.82) is 0 Å². The lowest BCUT2D eigenvalue weighted by Crippen LogP contribution is -2.61. The Morgan fingerprint density at radius 3 is 2.13 bits per heavy atom. The molecule has 0 aromatic heterocycles. The molecule has 2 unspecified atom stereocenters. The van der Waals surface area contributed by atoms with Crippen molar-refractivity contribution in [1.82, 2.24) is 0 Å². The molecule has 0 radical (unpaired) electrons. The fourth-order valence-corrected chi connectivity index (χ4v) is 1.38. The van der Waals surface area contributed by atoms with Crippen LogP contribution in [0.15, 0.2) is 0 Å². The summed E-state index contributed by atoms with van der Waals surface area (Å²) in [6, 6.07) is 0. The lowest BCUT2D eigenvalue weighted by Gasteiger charge is -2.39. The molecule has 0 bridgehead atoms. The van der Waals surface area contributed by atoms with Crippen molar-refractivity contribution in [3.8, 4) is 0 Å². The summed E-state index contributed by atoms with van der Waals surface area (Å²) in [5.74, 6) is -0.671. The van der Waals surface area contributed by atoms with Crippen LogP contribution in [-0.4, -0.2) is 68.1 Å². The zero-order valence-corrected chi connectivity index (χ0v) is 8.02. The summed E-state index contributed by atoms with van der Waals surface area (Å²) in [7, 11) is 0. The van der Waals surface area contributed by atoms with E-state index in [1.165, 1.54) is 0 Å². The van der Waals surface area contributed by atoms with Crippen LogP contribution in [0.5, 0.6) is 0 Å². The first-order chi connectivity index (χ1) is 6.86. The van der Waals surface area contributed by atoms with Crippen LogP contribution >= 0.6 is 0 Å². The Kier molecular flexibility index (Phi) is 3.77. The van der Waals surface area contributed by atoms with Crippen molar-refractivity contribution in [2.24, 2.45) is 0 Å². The highest BCUT2D eigenvalue weighted by Gasteiger charge is 2.46. The third kappa shape index (κ3) is 2.33. The van der Waals surface area contributed by atoms with Crippen LogP contribution in [0.25, 0.3) is 0 Å². The van der Waals surface area contributed by atoms with Gasteiger partial charge in [-0.2, -0.15) is 0 Å². The van der Waals surface area contributed by atoms with E-state index in [0.717, 1.165) is 6.92 Å². The molecule has 1 saturated heterocycles. The number of ether oxygens (including phenoxy) is 1. The van der Waals surface area contributed by atoms with E-state index >= 15 is 0 Å². The number of rotatable bonds is 2. The molecule has 1 rings (SSSR count). The molecule has 0 aromatic carbocycles. The summed E-state index contributed by atoms with van der Waals surface area (Å²) in [5, 5.41) is 46.2. The van der Waals surface area contributed by atoms with Gasteiger partial charge in [0.2, 0.25) is 0 Å². The van der Waals surface area contributed by atoms with E-state index in [1.807, 2.05) is 0 Å². The molecule has 1 aliphatic heterocycles. The van der Waals surface area contributed by atoms with E-state index in [2.05, 4.69) is 4.74 Å². The average Bonchev–Trinajstić information content (AvgIpc) is 2.19. The second-order valence-corrected chi connectivity index (χ2v) is 3.52. The Balaban J connectivity index is 2.78. The van der Waals surface area contributed by atoms with E-state index in [4.69, 9.17) is 10.2 Å². The third-order valence-corrected chi connectivity index (χ3v) is 2.35. The summed E-state index contributed by atoms with van der Waals surface area (Å²) in [6.45, 7) is 1.07. The Bertz CT molecular complexity index is 243. The molecule has 0 saturated carbocycles. The van der Waals surface area contributed by atoms with Crippen LogP contribution in [0.2, 0.25) is 0 Å². The van der Waals surface area contributed by atoms with Crippen LogP contribution in [-0.2, 0) is 9.53 Å². The van der Waals surface area contributed by atoms with Gasteiger partial charge in [0.05, 0.1) is 0 Å². The molecular weight excluding hydrogens is 208 g/mol. The average molecular weight is 222 g/mol. The van der Waals surface area contributed by atoms with Gasteiger partial charge in [-0.15, -0.1) is 0 Å². The molecule has 7 nitrogen and oxygen atoms in total. The Hall–Kier alpha value is -0.570. The van der Waals surface area contributed by atoms with Crippen LogP contribution in [0, 0.1) is 0 Å². The fourth-order valence-electron chi connectivity index (χ4n) is 1.38. The van der Waals surface area contributed by atoms with E-state index in [9.17, 15) is 20.1 Å². The predicted molar refractivity (Wildman–Crippen MR) is 45.6 cm³/mol. The highest BCUT2D eigenvalue weighted by molar-refractivity contribution is 5.80. The van der Waals surface area contributed by atoms with E-state index < -0.39 is 42.6 Å².